The average molecular weight is 484 g/mol. The van der Waals surface area contributed by atoms with Crippen molar-refractivity contribution >= 4 is 17.7 Å². The minimum atomic E-state index is -0.866. The molecular weight excluding hydrogens is 442 g/mol. The molecule has 1 saturated carbocycles. The fourth-order valence-electron chi connectivity index (χ4n) is 5.67. The van der Waals surface area contributed by atoms with Crippen molar-refractivity contribution < 1.29 is 14.4 Å². The molecule has 2 aliphatic heterocycles. The minimum Gasteiger partial charge on any atom is -0.354 e. The molecule has 2 saturated heterocycles. The molecular formula is C27H41N5O3. The van der Waals surface area contributed by atoms with Crippen molar-refractivity contribution in [3.8, 4) is 0 Å². The Balaban J connectivity index is 1.25. The molecule has 3 amide bonds. The van der Waals surface area contributed by atoms with Crippen LogP contribution in [0, 0.1) is 5.92 Å². The molecule has 0 bridgehead atoms. The van der Waals surface area contributed by atoms with Crippen molar-refractivity contribution in [2.75, 3.05) is 26.2 Å². The maximum Gasteiger partial charge on any atom is 0.242 e. The summed E-state index contributed by atoms with van der Waals surface area (Å²) in [5, 5.41) is 9.30. The monoisotopic (exact) mass is 483 g/mol. The quantitative estimate of drug-likeness (QED) is 0.425. The highest BCUT2D eigenvalue weighted by Crippen LogP contribution is 2.27. The molecule has 2 atom stereocenters. The molecule has 8 heteroatoms. The molecule has 1 aromatic carbocycles. The Kier molecular flexibility index (Phi) is 8.78. The van der Waals surface area contributed by atoms with E-state index < -0.39 is 11.6 Å². The van der Waals surface area contributed by atoms with E-state index in [2.05, 4.69) is 16.0 Å². The third-order valence-electron chi connectivity index (χ3n) is 7.99. The fourth-order valence-corrected chi connectivity index (χ4v) is 5.67. The van der Waals surface area contributed by atoms with Crippen LogP contribution in [0.4, 0.5) is 0 Å². The zero-order chi connectivity index (χ0) is 24.7. The molecule has 5 N–H and O–H groups in total. The number of nitrogens with zero attached hydrogens (tertiary/aromatic N) is 1. The standard InChI is InChI=1S/C27H41N5O3/c28-27(13-4-5-14-27)26(35)31-23(19-21-7-2-1-3-8-21)24(33)30-16-10-20-11-17-32(18-12-20)25(34)22-9-6-15-29-22/h1-3,7-8,20,22-23,29H,4-6,9-19,28H2,(H,30,33)(H,31,35)/t22-,23+/m0/s1. The van der Waals surface area contributed by atoms with E-state index in [4.69, 9.17) is 5.73 Å². The van der Waals surface area contributed by atoms with Gasteiger partial charge in [-0.2, -0.15) is 0 Å². The summed E-state index contributed by atoms with van der Waals surface area (Å²) in [4.78, 5) is 40.6. The lowest BCUT2D eigenvalue weighted by atomic mass is 9.93. The highest BCUT2D eigenvalue weighted by Gasteiger charge is 2.39. The maximum absolute atomic E-state index is 13.1. The van der Waals surface area contributed by atoms with E-state index in [1.54, 1.807) is 0 Å². The van der Waals surface area contributed by atoms with Gasteiger partial charge in [-0.1, -0.05) is 43.2 Å². The molecule has 1 aromatic rings. The van der Waals surface area contributed by atoms with E-state index in [1.807, 2.05) is 35.2 Å². The molecule has 35 heavy (non-hydrogen) atoms. The number of hydrogen-bond acceptors (Lipinski definition) is 5. The van der Waals surface area contributed by atoms with Crippen LogP contribution in [0.3, 0.4) is 0 Å². The molecule has 0 radical (unpaired) electrons. The summed E-state index contributed by atoms with van der Waals surface area (Å²) in [5.74, 6) is 0.348. The van der Waals surface area contributed by atoms with Crippen molar-refractivity contribution in [1.29, 1.82) is 0 Å². The van der Waals surface area contributed by atoms with Crippen LogP contribution >= 0.6 is 0 Å². The number of carbonyl (C=O) groups is 3. The van der Waals surface area contributed by atoms with Crippen molar-refractivity contribution in [2.45, 2.75) is 81.8 Å². The number of rotatable bonds is 9. The summed E-state index contributed by atoms with van der Waals surface area (Å²) < 4.78 is 0. The Morgan fingerprint density at radius 1 is 1.06 bits per heavy atom. The number of nitrogens with two attached hydrogens (primary N) is 1. The molecule has 3 fully saturated rings. The third-order valence-corrected chi connectivity index (χ3v) is 7.99. The Hall–Kier alpha value is -2.45. The summed E-state index contributed by atoms with van der Waals surface area (Å²) in [7, 11) is 0. The van der Waals surface area contributed by atoms with Crippen LogP contribution in [0.1, 0.15) is 63.4 Å². The molecule has 0 aromatic heterocycles. The highest BCUT2D eigenvalue weighted by molar-refractivity contribution is 5.92. The van der Waals surface area contributed by atoms with Crippen molar-refractivity contribution in [2.24, 2.45) is 11.7 Å². The SMILES string of the molecule is NC1(C(=O)N[C@H](Cc2ccccc2)C(=O)NCCC2CCN(C(=O)[C@@H]3CCCN3)CC2)CCCC1. The van der Waals surface area contributed by atoms with Gasteiger partial charge in [0.25, 0.3) is 0 Å². The average Bonchev–Trinajstić information content (AvgIpc) is 3.57. The molecule has 3 aliphatic rings. The molecule has 8 nitrogen and oxygen atoms in total. The summed E-state index contributed by atoms with van der Waals surface area (Å²) in [6, 6.07) is 9.10. The molecule has 192 valence electrons. The Bertz CT molecular complexity index is 857. The van der Waals surface area contributed by atoms with Gasteiger partial charge in [-0.25, -0.2) is 0 Å². The van der Waals surface area contributed by atoms with Crippen LogP contribution in [-0.2, 0) is 20.8 Å². The van der Waals surface area contributed by atoms with E-state index in [1.165, 1.54) is 0 Å². The van der Waals surface area contributed by atoms with Gasteiger partial charge in [0.15, 0.2) is 0 Å². The van der Waals surface area contributed by atoms with Gasteiger partial charge >= 0.3 is 0 Å². The smallest absolute Gasteiger partial charge is 0.242 e. The van der Waals surface area contributed by atoms with Gasteiger partial charge in [-0.3, -0.25) is 14.4 Å². The first kappa shape index (κ1) is 25.6. The van der Waals surface area contributed by atoms with Crippen LogP contribution in [0.2, 0.25) is 0 Å². The van der Waals surface area contributed by atoms with E-state index in [0.717, 1.165) is 70.1 Å². The number of amides is 3. The van der Waals surface area contributed by atoms with Gasteiger partial charge in [0.1, 0.15) is 6.04 Å². The van der Waals surface area contributed by atoms with Gasteiger partial charge in [-0.05, 0) is 63.0 Å². The lowest BCUT2D eigenvalue weighted by Gasteiger charge is -2.33. The van der Waals surface area contributed by atoms with Crippen LogP contribution in [-0.4, -0.2) is 66.4 Å². The molecule has 2 heterocycles. The molecule has 1 aliphatic carbocycles. The second-order valence-electron chi connectivity index (χ2n) is 10.6. The predicted molar refractivity (Wildman–Crippen MR) is 135 cm³/mol. The number of carbonyl (C=O) groups excluding carboxylic acids is 3. The predicted octanol–water partition coefficient (Wildman–Crippen LogP) is 1.48. The summed E-state index contributed by atoms with van der Waals surface area (Å²) in [5.41, 5.74) is 6.47. The molecule has 4 rings (SSSR count). The number of benzene rings is 1. The summed E-state index contributed by atoms with van der Waals surface area (Å²) >= 11 is 0. The van der Waals surface area contributed by atoms with Gasteiger partial charge < -0.3 is 26.6 Å². The number of hydrogen-bond donors (Lipinski definition) is 4. The number of nitrogens with one attached hydrogen (secondary N) is 3. The van der Waals surface area contributed by atoms with E-state index in [9.17, 15) is 14.4 Å². The van der Waals surface area contributed by atoms with Gasteiger partial charge in [0, 0.05) is 26.1 Å². The highest BCUT2D eigenvalue weighted by atomic mass is 16.2. The first-order valence-corrected chi connectivity index (χ1v) is 13.4. The molecule has 0 unspecified atom stereocenters. The Labute approximate surface area is 208 Å². The lowest BCUT2D eigenvalue weighted by Crippen LogP contribution is -2.58. The van der Waals surface area contributed by atoms with Crippen LogP contribution in [0.15, 0.2) is 30.3 Å². The summed E-state index contributed by atoms with van der Waals surface area (Å²) in [6.45, 7) is 3.09. The topological polar surface area (TPSA) is 117 Å². The summed E-state index contributed by atoms with van der Waals surface area (Å²) in [6.07, 6.45) is 8.48. The van der Waals surface area contributed by atoms with Gasteiger partial charge in [0.2, 0.25) is 17.7 Å². The van der Waals surface area contributed by atoms with Crippen LogP contribution in [0.5, 0.6) is 0 Å². The van der Waals surface area contributed by atoms with Crippen LogP contribution in [0.25, 0.3) is 0 Å². The van der Waals surface area contributed by atoms with E-state index in [-0.39, 0.29) is 23.8 Å². The first-order valence-electron chi connectivity index (χ1n) is 13.4. The lowest BCUT2D eigenvalue weighted by molar-refractivity contribution is -0.134. The van der Waals surface area contributed by atoms with Gasteiger partial charge in [0.05, 0.1) is 11.6 Å². The Morgan fingerprint density at radius 2 is 1.77 bits per heavy atom. The van der Waals surface area contributed by atoms with Gasteiger partial charge in [-0.15, -0.1) is 0 Å². The number of piperidine rings is 1. The van der Waals surface area contributed by atoms with E-state index >= 15 is 0 Å². The number of likely N-dealkylation sites (tertiary alicyclic amines) is 1. The largest absolute Gasteiger partial charge is 0.354 e. The third kappa shape index (κ3) is 6.82. The zero-order valence-electron chi connectivity index (χ0n) is 20.8. The minimum absolute atomic E-state index is 0.000474. The second kappa shape index (κ2) is 12.0. The Morgan fingerprint density at radius 3 is 2.43 bits per heavy atom. The van der Waals surface area contributed by atoms with Crippen molar-refractivity contribution in [3.63, 3.8) is 0 Å². The van der Waals surface area contributed by atoms with Crippen LogP contribution < -0.4 is 21.7 Å². The van der Waals surface area contributed by atoms with Crippen molar-refractivity contribution in [3.05, 3.63) is 35.9 Å². The normalized spacial score (nSPS) is 23.1. The first-order chi connectivity index (χ1) is 16.9. The maximum atomic E-state index is 13.1. The molecule has 0 spiro atoms. The fraction of sp³-hybridized carbons (Fsp3) is 0.667. The zero-order valence-corrected chi connectivity index (χ0v) is 20.8. The van der Waals surface area contributed by atoms with Crippen molar-refractivity contribution in [1.82, 2.24) is 20.9 Å². The van der Waals surface area contributed by atoms with E-state index in [0.29, 0.717) is 31.7 Å². The second-order valence-corrected chi connectivity index (χ2v) is 10.6.